The summed E-state index contributed by atoms with van der Waals surface area (Å²) in [7, 11) is 2.07. The summed E-state index contributed by atoms with van der Waals surface area (Å²) < 4.78 is 5.60. The molecule has 2 aliphatic rings. The van der Waals surface area contributed by atoms with Crippen LogP contribution in [0.15, 0.2) is 6.07 Å². The number of aryl methyl sites for hydroxylation is 1. The monoisotopic (exact) mass is 319 g/mol. The van der Waals surface area contributed by atoms with Crippen molar-refractivity contribution in [3.8, 4) is 0 Å². The molecule has 2 fully saturated rings. The Kier molecular flexibility index (Phi) is 5.07. The van der Waals surface area contributed by atoms with Crippen LogP contribution < -0.4 is 5.32 Å². The summed E-state index contributed by atoms with van der Waals surface area (Å²) in [5, 5.41) is 3.28. The maximum Gasteiger partial charge on any atom is 0.272 e. The fourth-order valence-corrected chi connectivity index (χ4v) is 2.96. The van der Waals surface area contributed by atoms with Crippen LogP contribution in [0.25, 0.3) is 0 Å². The van der Waals surface area contributed by atoms with Crippen molar-refractivity contribution in [3.05, 3.63) is 17.6 Å². The number of carbonyl (C=O) groups is 1. The number of nitrogens with zero attached hydrogens (tertiary/aromatic N) is 4. The predicted molar refractivity (Wildman–Crippen MR) is 87.6 cm³/mol. The Morgan fingerprint density at radius 1 is 1.35 bits per heavy atom. The molecular formula is C16H25N5O2. The van der Waals surface area contributed by atoms with Crippen LogP contribution in [-0.4, -0.2) is 78.2 Å². The standard InChI is InChI=1S/C16H25N5O2/c1-12-18-14(16(22)21-7-5-20(2)6-8-21)10-15(19-12)17-11-13-4-3-9-23-13/h10,13H,3-9,11H2,1-2H3,(H,17,18,19). The van der Waals surface area contributed by atoms with E-state index < -0.39 is 0 Å². The Balaban J connectivity index is 1.65. The van der Waals surface area contributed by atoms with E-state index in [9.17, 15) is 4.79 Å². The fourth-order valence-electron chi connectivity index (χ4n) is 2.96. The number of amides is 1. The smallest absolute Gasteiger partial charge is 0.272 e. The Morgan fingerprint density at radius 2 is 2.13 bits per heavy atom. The van der Waals surface area contributed by atoms with Gasteiger partial charge in [0.05, 0.1) is 6.10 Å². The van der Waals surface area contributed by atoms with Gasteiger partial charge in [-0.2, -0.15) is 0 Å². The highest BCUT2D eigenvalue weighted by molar-refractivity contribution is 5.93. The van der Waals surface area contributed by atoms with E-state index in [0.29, 0.717) is 17.3 Å². The summed E-state index contributed by atoms with van der Waals surface area (Å²) >= 11 is 0. The third-order valence-electron chi connectivity index (χ3n) is 4.38. The lowest BCUT2D eigenvalue weighted by atomic mass is 10.2. The molecule has 1 amide bonds. The number of ether oxygens (including phenoxy) is 1. The molecule has 0 bridgehead atoms. The van der Waals surface area contributed by atoms with Crippen molar-refractivity contribution in [1.82, 2.24) is 19.8 Å². The van der Waals surface area contributed by atoms with Crippen LogP contribution in [0.2, 0.25) is 0 Å². The van der Waals surface area contributed by atoms with Gasteiger partial charge in [-0.1, -0.05) is 0 Å². The highest BCUT2D eigenvalue weighted by Gasteiger charge is 2.22. The molecule has 2 aliphatic heterocycles. The van der Waals surface area contributed by atoms with E-state index in [1.54, 1.807) is 6.07 Å². The SMILES string of the molecule is Cc1nc(NCC2CCCO2)cc(C(=O)N2CCN(C)CC2)n1. The van der Waals surface area contributed by atoms with Crippen molar-refractivity contribution in [3.63, 3.8) is 0 Å². The summed E-state index contributed by atoms with van der Waals surface area (Å²) in [5.41, 5.74) is 0.469. The molecular weight excluding hydrogens is 294 g/mol. The zero-order chi connectivity index (χ0) is 16.2. The Hall–Kier alpha value is -1.73. The van der Waals surface area contributed by atoms with Crippen LogP contribution >= 0.6 is 0 Å². The number of likely N-dealkylation sites (N-methyl/N-ethyl adjacent to an activating group) is 1. The van der Waals surface area contributed by atoms with Gasteiger partial charge in [0, 0.05) is 45.4 Å². The Labute approximate surface area is 137 Å². The van der Waals surface area contributed by atoms with Gasteiger partial charge in [-0.15, -0.1) is 0 Å². The third-order valence-corrected chi connectivity index (χ3v) is 4.38. The van der Waals surface area contributed by atoms with E-state index in [4.69, 9.17) is 4.74 Å². The van der Waals surface area contributed by atoms with Gasteiger partial charge in [-0.25, -0.2) is 9.97 Å². The average molecular weight is 319 g/mol. The molecule has 1 N–H and O–H groups in total. The van der Waals surface area contributed by atoms with E-state index in [1.807, 2.05) is 11.8 Å². The van der Waals surface area contributed by atoms with Gasteiger partial charge in [-0.3, -0.25) is 4.79 Å². The summed E-state index contributed by atoms with van der Waals surface area (Å²) in [6.45, 7) is 6.67. The van der Waals surface area contributed by atoms with Crippen LogP contribution in [0, 0.1) is 6.92 Å². The lowest BCUT2D eigenvalue weighted by Crippen LogP contribution is -2.47. The van der Waals surface area contributed by atoms with Gasteiger partial charge >= 0.3 is 0 Å². The number of piperazine rings is 1. The first-order valence-electron chi connectivity index (χ1n) is 8.31. The zero-order valence-corrected chi connectivity index (χ0v) is 13.9. The van der Waals surface area contributed by atoms with Crippen LogP contribution in [0.4, 0.5) is 5.82 Å². The summed E-state index contributed by atoms with van der Waals surface area (Å²) in [4.78, 5) is 25.4. The number of aromatic nitrogens is 2. The van der Waals surface area contributed by atoms with E-state index in [2.05, 4.69) is 27.2 Å². The van der Waals surface area contributed by atoms with Gasteiger partial charge < -0.3 is 19.9 Å². The summed E-state index contributed by atoms with van der Waals surface area (Å²) in [5.74, 6) is 1.30. The molecule has 0 spiro atoms. The minimum absolute atomic E-state index is 0.0104. The van der Waals surface area contributed by atoms with E-state index in [-0.39, 0.29) is 12.0 Å². The predicted octanol–water partition coefficient (Wildman–Crippen LogP) is 0.764. The van der Waals surface area contributed by atoms with Crippen molar-refractivity contribution >= 4 is 11.7 Å². The van der Waals surface area contributed by atoms with E-state index >= 15 is 0 Å². The van der Waals surface area contributed by atoms with Gasteiger partial charge in [0.2, 0.25) is 0 Å². The van der Waals surface area contributed by atoms with Gasteiger partial charge in [0.15, 0.2) is 0 Å². The van der Waals surface area contributed by atoms with Gasteiger partial charge in [-0.05, 0) is 26.8 Å². The minimum Gasteiger partial charge on any atom is -0.376 e. The minimum atomic E-state index is -0.0104. The van der Waals surface area contributed by atoms with Crippen molar-refractivity contribution in [2.24, 2.45) is 0 Å². The molecule has 3 heterocycles. The fraction of sp³-hybridized carbons (Fsp3) is 0.688. The number of hydrogen-bond acceptors (Lipinski definition) is 6. The number of carbonyl (C=O) groups excluding carboxylic acids is 1. The molecule has 0 aromatic carbocycles. The highest BCUT2D eigenvalue weighted by atomic mass is 16.5. The lowest BCUT2D eigenvalue weighted by Gasteiger charge is -2.32. The van der Waals surface area contributed by atoms with Crippen molar-refractivity contribution in [2.45, 2.75) is 25.9 Å². The maximum absolute atomic E-state index is 12.6. The van der Waals surface area contributed by atoms with Crippen molar-refractivity contribution in [1.29, 1.82) is 0 Å². The number of nitrogens with one attached hydrogen (secondary N) is 1. The van der Waals surface area contributed by atoms with Gasteiger partial charge in [0.25, 0.3) is 5.91 Å². The molecule has 1 aromatic heterocycles. The molecule has 1 unspecified atom stereocenters. The summed E-state index contributed by atoms with van der Waals surface area (Å²) in [6.07, 6.45) is 2.42. The van der Waals surface area contributed by atoms with E-state index in [0.717, 1.165) is 52.2 Å². The average Bonchev–Trinajstić information content (AvgIpc) is 3.06. The van der Waals surface area contributed by atoms with Crippen LogP contribution in [0.3, 0.4) is 0 Å². The molecule has 1 atom stereocenters. The molecule has 126 valence electrons. The van der Waals surface area contributed by atoms with Crippen molar-refractivity contribution in [2.75, 3.05) is 51.7 Å². The molecule has 1 aromatic rings. The molecule has 0 radical (unpaired) electrons. The quantitative estimate of drug-likeness (QED) is 0.884. The van der Waals surface area contributed by atoms with E-state index in [1.165, 1.54) is 0 Å². The van der Waals surface area contributed by atoms with Crippen molar-refractivity contribution < 1.29 is 9.53 Å². The molecule has 0 saturated carbocycles. The third kappa shape index (κ3) is 4.17. The summed E-state index contributed by atoms with van der Waals surface area (Å²) in [6, 6.07) is 1.75. The highest BCUT2D eigenvalue weighted by Crippen LogP contribution is 2.15. The van der Waals surface area contributed by atoms with Crippen LogP contribution in [0.5, 0.6) is 0 Å². The normalized spacial score (nSPS) is 22.3. The molecule has 3 rings (SSSR count). The number of rotatable bonds is 4. The molecule has 2 saturated heterocycles. The molecule has 0 aliphatic carbocycles. The largest absolute Gasteiger partial charge is 0.376 e. The lowest BCUT2D eigenvalue weighted by molar-refractivity contribution is 0.0658. The Bertz CT molecular complexity index is 551. The second-order valence-corrected chi connectivity index (χ2v) is 6.30. The Morgan fingerprint density at radius 3 is 2.83 bits per heavy atom. The first-order valence-corrected chi connectivity index (χ1v) is 8.31. The topological polar surface area (TPSA) is 70.6 Å². The number of anilines is 1. The first-order chi connectivity index (χ1) is 11.1. The second kappa shape index (κ2) is 7.23. The molecule has 23 heavy (non-hydrogen) atoms. The zero-order valence-electron chi connectivity index (χ0n) is 13.9. The maximum atomic E-state index is 12.6. The van der Waals surface area contributed by atoms with Crippen LogP contribution in [0.1, 0.15) is 29.2 Å². The molecule has 7 nitrogen and oxygen atoms in total. The molecule has 7 heteroatoms. The number of hydrogen-bond donors (Lipinski definition) is 1. The first kappa shape index (κ1) is 16.1. The van der Waals surface area contributed by atoms with Crippen LogP contribution in [-0.2, 0) is 4.74 Å². The second-order valence-electron chi connectivity index (χ2n) is 6.30. The van der Waals surface area contributed by atoms with Gasteiger partial charge in [0.1, 0.15) is 17.3 Å².